The van der Waals surface area contributed by atoms with Crippen molar-refractivity contribution in [1.82, 2.24) is 9.88 Å². The third kappa shape index (κ3) is 2.42. The van der Waals surface area contributed by atoms with Gasteiger partial charge in [-0.05, 0) is 62.2 Å². The highest BCUT2D eigenvalue weighted by molar-refractivity contribution is 5.65. The van der Waals surface area contributed by atoms with Crippen LogP contribution < -0.4 is 5.73 Å². The van der Waals surface area contributed by atoms with Gasteiger partial charge in [0.1, 0.15) is 5.82 Å². The first-order chi connectivity index (χ1) is 7.66. The molecule has 0 radical (unpaired) electrons. The number of nitrogens with two attached hydrogens (primary N) is 1. The fourth-order valence-electron chi connectivity index (χ4n) is 2.19. The molecule has 3 nitrogen and oxygen atoms in total. The summed E-state index contributed by atoms with van der Waals surface area (Å²) in [6.07, 6.45) is 4.22. The zero-order chi connectivity index (χ0) is 11.5. The van der Waals surface area contributed by atoms with Crippen LogP contribution in [0.2, 0.25) is 0 Å². The molecule has 1 fully saturated rings. The van der Waals surface area contributed by atoms with Gasteiger partial charge in [0.05, 0.1) is 0 Å². The summed E-state index contributed by atoms with van der Waals surface area (Å²) in [5, 5.41) is 0. The van der Waals surface area contributed by atoms with E-state index in [1.165, 1.54) is 18.4 Å². The number of likely N-dealkylation sites (tertiary alicyclic amines) is 1. The Hall–Kier alpha value is -1.35. The van der Waals surface area contributed by atoms with Gasteiger partial charge in [-0.2, -0.15) is 0 Å². The lowest BCUT2D eigenvalue weighted by molar-refractivity contribution is 0.248. The maximum Gasteiger partial charge on any atom is 0.123 e. The Bertz CT molecular complexity index is 361. The molecule has 0 aromatic carbocycles. The van der Waals surface area contributed by atoms with Crippen molar-refractivity contribution >= 4 is 11.4 Å². The van der Waals surface area contributed by atoms with Crippen LogP contribution in [0.4, 0.5) is 5.82 Å². The Labute approximate surface area is 97.0 Å². The van der Waals surface area contributed by atoms with Crippen molar-refractivity contribution in [1.29, 1.82) is 0 Å². The number of nitrogens with zero attached hydrogens (tertiary/aromatic N) is 2. The van der Waals surface area contributed by atoms with Crippen molar-refractivity contribution in [2.75, 3.05) is 25.9 Å². The molecule has 2 rings (SSSR count). The molecular weight excluding hydrogens is 198 g/mol. The number of aromatic nitrogens is 1. The minimum Gasteiger partial charge on any atom is -0.384 e. The van der Waals surface area contributed by atoms with E-state index in [0.29, 0.717) is 11.7 Å². The minimum atomic E-state index is 0.569. The summed E-state index contributed by atoms with van der Waals surface area (Å²) in [5.74, 6) is 1.17. The zero-order valence-corrected chi connectivity index (χ0v) is 9.82. The third-order valence-corrected chi connectivity index (χ3v) is 3.37. The van der Waals surface area contributed by atoms with Crippen molar-refractivity contribution in [3.05, 3.63) is 30.5 Å². The number of allylic oxidation sites excluding steroid dienone is 1. The molecule has 1 aliphatic rings. The van der Waals surface area contributed by atoms with Crippen molar-refractivity contribution in [3.8, 4) is 0 Å². The van der Waals surface area contributed by atoms with Crippen LogP contribution in [0.5, 0.6) is 0 Å². The highest BCUT2D eigenvalue weighted by Gasteiger charge is 2.19. The molecule has 0 bridgehead atoms. The van der Waals surface area contributed by atoms with Gasteiger partial charge < -0.3 is 10.6 Å². The number of pyridine rings is 1. The molecule has 3 heteroatoms. The number of nitrogen functional groups attached to an aromatic ring is 1. The van der Waals surface area contributed by atoms with Crippen molar-refractivity contribution < 1.29 is 0 Å². The molecule has 1 aliphatic heterocycles. The van der Waals surface area contributed by atoms with Crippen LogP contribution in [0.15, 0.2) is 24.9 Å². The number of hydrogen-bond donors (Lipinski definition) is 1. The van der Waals surface area contributed by atoms with Gasteiger partial charge >= 0.3 is 0 Å². The lowest BCUT2D eigenvalue weighted by Crippen LogP contribution is -2.30. The van der Waals surface area contributed by atoms with Gasteiger partial charge in [-0.25, -0.2) is 4.98 Å². The van der Waals surface area contributed by atoms with Gasteiger partial charge in [-0.15, -0.1) is 0 Å². The van der Waals surface area contributed by atoms with Crippen molar-refractivity contribution in [2.24, 2.45) is 5.92 Å². The topological polar surface area (TPSA) is 42.1 Å². The van der Waals surface area contributed by atoms with Crippen LogP contribution >= 0.6 is 0 Å². The summed E-state index contributed by atoms with van der Waals surface area (Å²) in [4.78, 5) is 6.48. The van der Waals surface area contributed by atoms with E-state index in [0.717, 1.165) is 18.7 Å². The average molecular weight is 217 g/mol. The first kappa shape index (κ1) is 11.1. The van der Waals surface area contributed by atoms with Crippen LogP contribution in [0.1, 0.15) is 18.4 Å². The molecule has 2 heterocycles. The molecule has 0 spiro atoms. The van der Waals surface area contributed by atoms with E-state index >= 15 is 0 Å². The molecule has 1 aromatic rings. The standard InChI is InChI=1S/C13H19N3/c1-10(11-5-7-16(2)8-6-11)12-3-4-13(14)15-9-12/h3-4,9,11H,1,5-8H2,2H3,(H2,14,15). The predicted octanol–water partition coefficient (Wildman–Crippen LogP) is 2.02. The molecule has 0 amide bonds. The van der Waals surface area contributed by atoms with Gasteiger partial charge in [0.15, 0.2) is 0 Å². The van der Waals surface area contributed by atoms with Gasteiger partial charge in [0.25, 0.3) is 0 Å². The number of piperidine rings is 1. The van der Waals surface area contributed by atoms with Crippen molar-refractivity contribution in [2.45, 2.75) is 12.8 Å². The van der Waals surface area contributed by atoms with Crippen LogP contribution in [0.25, 0.3) is 5.57 Å². The van der Waals surface area contributed by atoms with Crippen molar-refractivity contribution in [3.63, 3.8) is 0 Å². The third-order valence-electron chi connectivity index (χ3n) is 3.37. The van der Waals surface area contributed by atoms with E-state index in [-0.39, 0.29) is 0 Å². The second-order valence-corrected chi connectivity index (χ2v) is 4.57. The SMILES string of the molecule is C=C(c1ccc(N)nc1)C1CCN(C)CC1. The van der Waals surface area contributed by atoms with Gasteiger partial charge in [0, 0.05) is 6.20 Å². The monoisotopic (exact) mass is 217 g/mol. The van der Waals surface area contributed by atoms with E-state index in [1.54, 1.807) is 0 Å². The summed E-state index contributed by atoms with van der Waals surface area (Å²) in [7, 11) is 2.17. The lowest BCUT2D eigenvalue weighted by Gasteiger charge is -2.30. The fourth-order valence-corrected chi connectivity index (χ4v) is 2.19. The highest BCUT2D eigenvalue weighted by atomic mass is 15.1. The van der Waals surface area contributed by atoms with E-state index in [9.17, 15) is 0 Å². The Morgan fingerprint density at radius 1 is 1.44 bits per heavy atom. The summed E-state index contributed by atoms with van der Waals surface area (Å²) >= 11 is 0. The van der Waals surface area contributed by atoms with E-state index < -0.39 is 0 Å². The normalized spacial score (nSPS) is 18.6. The Kier molecular flexibility index (Phi) is 3.25. The van der Waals surface area contributed by atoms with Gasteiger partial charge in [-0.3, -0.25) is 0 Å². The molecule has 16 heavy (non-hydrogen) atoms. The molecule has 0 unspecified atom stereocenters. The Balaban J connectivity index is 2.05. The Morgan fingerprint density at radius 3 is 2.69 bits per heavy atom. The van der Waals surface area contributed by atoms with E-state index in [1.807, 2.05) is 18.3 Å². The summed E-state index contributed by atoms with van der Waals surface area (Å²) in [6, 6.07) is 3.86. The van der Waals surface area contributed by atoms with E-state index in [4.69, 9.17) is 5.73 Å². The highest BCUT2D eigenvalue weighted by Crippen LogP contribution is 2.29. The second kappa shape index (κ2) is 4.66. The molecular formula is C13H19N3. The maximum atomic E-state index is 5.58. The maximum absolute atomic E-state index is 5.58. The zero-order valence-electron chi connectivity index (χ0n) is 9.82. The summed E-state index contributed by atoms with van der Waals surface area (Å²) in [5.41, 5.74) is 7.91. The fraction of sp³-hybridized carbons (Fsp3) is 0.462. The van der Waals surface area contributed by atoms with Crippen LogP contribution in [0.3, 0.4) is 0 Å². The largest absolute Gasteiger partial charge is 0.384 e. The molecule has 1 saturated heterocycles. The molecule has 0 saturated carbocycles. The van der Waals surface area contributed by atoms with Crippen LogP contribution in [0, 0.1) is 5.92 Å². The smallest absolute Gasteiger partial charge is 0.123 e. The van der Waals surface area contributed by atoms with Gasteiger partial charge in [0.2, 0.25) is 0 Å². The molecule has 1 aromatic heterocycles. The quantitative estimate of drug-likeness (QED) is 0.824. The number of anilines is 1. The number of rotatable bonds is 2. The molecule has 2 N–H and O–H groups in total. The minimum absolute atomic E-state index is 0.569. The summed E-state index contributed by atoms with van der Waals surface area (Å²) in [6.45, 7) is 6.52. The molecule has 0 atom stereocenters. The first-order valence-electron chi connectivity index (χ1n) is 5.76. The van der Waals surface area contributed by atoms with E-state index in [2.05, 4.69) is 23.5 Å². The summed E-state index contributed by atoms with van der Waals surface area (Å²) < 4.78 is 0. The lowest BCUT2D eigenvalue weighted by atomic mass is 9.87. The molecule has 0 aliphatic carbocycles. The molecule has 86 valence electrons. The average Bonchev–Trinajstić information content (AvgIpc) is 2.30. The first-order valence-corrected chi connectivity index (χ1v) is 5.76. The van der Waals surface area contributed by atoms with Crippen LogP contribution in [-0.2, 0) is 0 Å². The Morgan fingerprint density at radius 2 is 2.12 bits per heavy atom. The predicted molar refractivity (Wildman–Crippen MR) is 67.9 cm³/mol. The second-order valence-electron chi connectivity index (χ2n) is 4.57. The van der Waals surface area contributed by atoms with Crippen LogP contribution in [-0.4, -0.2) is 30.0 Å². The number of hydrogen-bond acceptors (Lipinski definition) is 3. The van der Waals surface area contributed by atoms with Gasteiger partial charge in [-0.1, -0.05) is 6.58 Å².